The molecule has 1 aromatic rings. The Hall–Kier alpha value is -2.29. The molecule has 2 fully saturated rings. The van der Waals surface area contributed by atoms with Gasteiger partial charge in [0, 0.05) is 44.0 Å². The second-order valence-corrected chi connectivity index (χ2v) is 11.0. The Bertz CT molecular complexity index is 1020. The van der Waals surface area contributed by atoms with Crippen LogP contribution in [0.25, 0.3) is 0 Å². The van der Waals surface area contributed by atoms with Gasteiger partial charge in [-0.15, -0.1) is 0 Å². The van der Waals surface area contributed by atoms with Gasteiger partial charge in [-0.25, -0.2) is 9.37 Å². The SMILES string of the molecule is C[C@@H]1CCc2ccc(CCCCO[C@@H]3CCN([C@H](C(=O)O)C4=CC(F)=CCC4[C@@H]4CCCO4)C3)nc2N1. The molecule has 5 atom stereocenters. The number of carbonyl (C=O) groups is 1. The molecule has 1 aliphatic carbocycles. The number of halogens is 1. The molecule has 0 aromatic carbocycles. The topological polar surface area (TPSA) is 83.9 Å². The van der Waals surface area contributed by atoms with Gasteiger partial charge in [-0.2, -0.15) is 0 Å². The number of nitrogens with one attached hydrogen (secondary N) is 1. The van der Waals surface area contributed by atoms with E-state index in [1.807, 2.05) is 4.90 Å². The number of fused-ring (bicyclic) bond motifs is 1. The average molecular weight is 514 g/mol. The third-order valence-electron chi connectivity index (χ3n) is 8.25. The molecule has 0 spiro atoms. The van der Waals surface area contributed by atoms with Crippen LogP contribution in [0.15, 0.2) is 35.7 Å². The van der Waals surface area contributed by atoms with E-state index in [0.717, 1.165) is 62.9 Å². The van der Waals surface area contributed by atoms with E-state index in [0.29, 0.717) is 44.3 Å². The molecule has 2 saturated heterocycles. The number of aryl methyl sites for hydroxylation is 2. The van der Waals surface area contributed by atoms with E-state index in [-0.39, 0.29) is 24.0 Å². The van der Waals surface area contributed by atoms with Crippen LogP contribution in [0.1, 0.15) is 63.1 Å². The van der Waals surface area contributed by atoms with E-state index in [9.17, 15) is 14.3 Å². The third-order valence-corrected chi connectivity index (χ3v) is 8.25. The van der Waals surface area contributed by atoms with E-state index in [4.69, 9.17) is 14.5 Å². The molecular weight excluding hydrogens is 473 g/mol. The van der Waals surface area contributed by atoms with E-state index in [1.165, 1.54) is 11.6 Å². The minimum Gasteiger partial charge on any atom is -0.480 e. The van der Waals surface area contributed by atoms with E-state index in [1.54, 1.807) is 6.08 Å². The highest BCUT2D eigenvalue weighted by Crippen LogP contribution is 2.37. The van der Waals surface area contributed by atoms with E-state index >= 15 is 0 Å². The van der Waals surface area contributed by atoms with Gasteiger partial charge in [-0.3, -0.25) is 9.69 Å². The largest absolute Gasteiger partial charge is 0.480 e. The first-order valence-electron chi connectivity index (χ1n) is 14.0. The van der Waals surface area contributed by atoms with E-state index < -0.39 is 12.0 Å². The van der Waals surface area contributed by atoms with Gasteiger partial charge >= 0.3 is 5.97 Å². The van der Waals surface area contributed by atoms with Gasteiger partial charge in [-0.05, 0) is 94.1 Å². The zero-order valence-corrected chi connectivity index (χ0v) is 21.8. The second kappa shape index (κ2) is 12.0. The van der Waals surface area contributed by atoms with Gasteiger partial charge in [0.15, 0.2) is 0 Å². The molecule has 0 saturated carbocycles. The van der Waals surface area contributed by atoms with Crippen molar-refractivity contribution in [2.75, 3.05) is 31.6 Å². The number of likely N-dealkylation sites (tertiary alicyclic amines) is 1. The number of hydrogen-bond acceptors (Lipinski definition) is 6. The van der Waals surface area contributed by atoms with Gasteiger partial charge in [0.05, 0.1) is 12.2 Å². The number of carboxylic acid groups (broad SMARTS) is 1. The van der Waals surface area contributed by atoms with Crippen LogP contribution in [0.4, 0.5) is 10.2 Å². The van der Waals surface area contributed by atoms with Crippen molar-refractivity contribution in [1.82, 2.24) is 9.88 Å². The number of unbranched alkanes of at least 4 members (excludes halogenated alkanes) is 1. The number of nitrogens with zero attached hydrogens (tertiary/aromatic N) is 2. The Balaban J connectivity index is 1.10. The lowest BCUT2D eigenvalue weighted by Crippen LogP contribution is -2.45. The Kier molecular flexibility index (Phi) is 8.57. The molecule has 1 unspecified atom stereocenters. The summed E-state index contributed by atoms with van der Waals surface area (Å²) in [6, 6.07) is 3.97. The first-order valence-corrected chi connectivity index (χ1v) is 14.0. The van der Waals surface area contributed by atoms with Gasteiger partial charge < -0.3 is 19.9 Å². The van der Waals surface area contributed by atoms with Crippen molar-refractivity contribution in [3.05, 3.63) is 46.9 Å². The summed E-state index contributed by atoms with van der Waals surface area (Å²) in [6.45, 7) is 4.72. The maximum Gasteiger partial charge on any atom is 0.325 e. The van der Waals surface area contributed by atoms with Crippen LogP contribution >= 0.6 is 0 Å². The molecular formula is C29H40FN3O4. The number of pyridine rings is 1. The lowest BCUT2D eigenvalue weighted by atomic mass is 9.81. The monoisotopic (exact) mass is 513 g/mol. The lowest BCUT2D eigenvalue weighted by molar-refractivity contribution is -0.142. The lowest BCUT2D eigenvalue weighted by Gasteiger charge is -2.34. The van der Waals surface area contributed by atoms with Crippen LogP contribution in [0.5, 0.6) is 0 Å². The van der Waals surface area contributed by atoms with Gasteiger partial charge in [0.25, 0.3) is 0 Å². The van der Waals surface area contributed by atoms with Gasteiger partial charge in [0.2, 0.25) is 0 Å². The van der Waals surface area contributed by atoms with Crippen molar-refractivity contribution >= 4 is 11.8 Å². The fourth-order valence-electron chi connectivity index (χ4n) is 6.23. The minimum atomic E-state index is -0.925. The van der Waals surface area contributed by atoms with Crippen LogP contribution in [0.2, 0.25) is 0 Å². The maximum absolute atomic E-state index is 14.2. The Morgan fingerprint density at radius 1 is 1.32 bits per heavy atom. The summed E-state index contributed by atoms with van der Waals surface area (Å²) in [4.78, 5) is 19.1. The predicted molar refractivity (Wildman–Crippen MR) is 140 cm³/mol. The highest BCUT2D eigenvalue weighted by atomic mass is 19.1. The molecule has 37 heavy (non-hydrogen) atoms. The molecule has 202 valence electrons. The van der Waals surface area contributed by atoms with Crippen LogP contribution < -0.4 is 5.32 Å². The normalized spacial score (nSPS) is 28.8. The predicted octanol–water partition coefficient (Wildman–Crippen LogP) is 4.67. The fourth-order valence-corrected chi connectivity index (χ4v) is 6.23. The summed E-state index contributed by atoms with van der Waals surface area (Å²) in [5.74, 6) is -0.317. The molecule has 4 heterocycles. The molecule has 0 amide bonds. The Morgan fingerprint density at radius 3 is 3.03 bits per heavy atom. The average Bonchev–Trinajstić information content (AvgIpc) is 3.57. The molecule has 7 nitrogen and oxygen atoms in total. The number of aromatic nitrogens is 1. The fraction of sp³-hybridized carbons (Fsp3) is 0.655. The molecule has 2 N–H and O–H groups in total. The molecule has 4 aliphatic rings. The quantitative estimate of drug-likeness (QED) is 0.440. The standard InChI is InChI=1S/C29H40FN3O4/c1-19-7-8-20-9-11-22(32-28(20)31-19)5-2-3-15-36-23-13-14-33(18-23)27(29(34)35)25-17-21(30)10-12-24(25)26-6-4-16-37-26/h9-11,17,19,23-24,26-27H,2-8,12-16,18H2,1H3,(H,31,32)(H,34,35)/t19-,23-,24?,26+,27+/m1/s1. The first-order chi connectivity index (χ1) is 18.0. The number of anilines is 1. The summed E-state index contributed by atoms with van der Waals surface area (Å²) < 4.78 is 26.3. The molecule has 3 aliphatic heterocycles. The zero-order valence-electron chi connectivity index (χ0n) is 21.8. The number of allylic oxidation sites excluding steroid dienone is 3. The van der Waals surface area contributed by atoms with Crippen LogP contribution in [-0.2, 0) is 27.1 Å². The molecule has 8 heteroatoms. The summed E-state index contributed by atoms with van der Waals surface area (Å²) in [5.41, 5.74) is 3.06. The number of rotatable bonds is 10. The number of ether oxygens (including phenoxy) is 2. The van der Waals surface area contributed by atoms with Crippen molar-refractivity contribution < 1.29 is 23.8 Å². The summed E-state index contributed by atoms with van der Waals surface area (Å²) >= 11 is 0. The highest BCUT2D eigenvalue weighted by Gasteiger charge is 2.41. The molecule has 5 rings (SSSR count). The van der Waals surface area contributed by atoms with Crippen LogP contribution in [0, 0.1) is 5.92 Å². The molecule has 1 aromatic heterocycles. The first kappa shape index (κ1) is 26.3. The zero-order chi connectivity index (χ0) is 25.8. The molecule has 0 radical (unpaired) electrons. The van der Waals surface area contributed by atoms with Crippen molar-refractivity contribution in [3.8, 4) is 0 Å². The summed E-state index contributed by atoms with van der Waals surface area (Å²) in [7, 11) is 0. The second-order valence-electron chi connectivity index (χ2n) is 11.0. The van der Waals surface area contributed by atoms with Crippen LogP contribution in [-0.4, -0.2) is 71.6 Å². The smallest absolute Gasteiger partial charge is 0.325 e. The number of carboxylic acids is 1. The Labute approximate surface area is 219 Å². The van der Waals surface area contributed by atoms with Crippen molar-refractivity contribution in [2.45, 2.75) is 89.0 Å². The summed E-state index contributed by atoms with van der Waals surface area (Å²) in [6.07, 6.45) is 11.2. The summed E-state index contributed by atoms with van der Waals surface area (Å²) in [5, 5.41) is 13.6. The van der Waals surface area contributed by atoms with Crippen LogP contribution in [0.3, 0.4) is 0 Å². The van der Waals surface area contributed by atoms with Crippen molar-refractivity contribution in [2.24, 2.45) is 5.92 Å². The van der Waals surface area contributed by atoms with E-state index in [2.05, 4.69) is 24.4 Å². The van der Waals surface area contributed by atoms with Gasteiger partial charge in [0.1, 0.15) is 17.7 Å². The van der Waals surface area contributed by atoms with Crippen molar-refractivity contribution in [3.63, 3.8) is 0 Å². The Morgan fingerprint density at radius 2 is 2.22 bits per heavy atom. The third kappa shape index (κ3) is 6.41. The minimum absolute atomic E-state index is 0.000155. The molecule has 0 bridgehead atoms. The number of hydrogen-bond donors (Lipinski definition) is 2. The van der Waals surface area contributed by atoms with Crippen molar-refractivity contribution in [1.29, 1.82) is 0 Å². The maximum atomic E-state index is 14.2. The van der Waals surface area contributed by atoms with Gasteiger partial charge in [-0.1, -0.05) is 6.07 Å². The number of aliphatic carboxylic acids is 1. The highest BCUT2D eigenvalue weighted by molar-refractivity contribution is 5.78.